The Bertz CT molecular complexity index is 553. The second-order valence-electron chi connectivity index (χ2n) is 4.76. The van der Waals surface area contributed by atoms with E-state index in [1.54, 1.807) is 4.88 Å². The maximum Gasteiger partial charge on any atom is 0.119 e. The topological polar surface area (TPSA) is 9.23 Å². The zero-order valence-electron chi connectivity index (χ0n) is 11.4. The van der Waals surface area contributed by atoms with Gasteiger partial charge in [0.25, 0.3) is 0 Å². The minimum absolute atomic E-state index is 0.291. The van der Waals surface area contributed by atoms with Crippen LogP contribution in [-0.4, -0.2) is 12.4 Å². The Morgan fingerprint density at radius 1 is 1.30 bits per heavy atom. The Hall–Kier alpha value is -0.450. The van der Waals surface area contributed by atoms with Crippen LogP contribution in [0.15, 0.2) is 30.3 Å². The van der Waals surface area contributed by atoms with Crippen LogP contribution in [-0.2, 0) is 12.2 Å². The first-order valence-electron chi connectivity index (χ1n) is 6.84. The van der Waals surface area contributed by atoms with Gasteiger partial charge in [-0.3, -0.25) is 0 Å². The summed E-state index contributed by atoms with van der Waals surface area (Å²) >= 11 is 7.85. The zero-order chi connectivity index (χ0) is 13.9. The number of hydrogen-bond acceptors (Lipinski definition) is 3. The predicted octanol–water partition coefficient (Wildman–Crippen LogP) is 5.42. The third kappa shape index (κ3) is 3.07. The monoisotopic (exact) mass is 368 g/mol. The molecule has 4 heteroatoms. The van der Waals surface area contributed by atoms with Crippen LogP contribution >= 0.6 is 39.0 Å². The van der Waals surface area contributed by atoms with Crippen molar-refractivity contribution in [3.05, 3.63) is 51.2 Å². The molecule has 3 rings (SSSR count). The largest absolute Gasteiger partial charge is 0.494 e. The lowest BCUT2D eigenvalue weighted by Crippen LogP contribution is -1.96. The molecule has 1 aliphatic rings. The average molecular weight is 369 g/mol. The molecule has 0 saturated heterocycles. The van der Waals surface area contributed by atoms with Gasteiger partial charge in [0.2, 0.25) is 0 Å². The molecular weight excluding hydrogens is 352 g/mol. The van der Waals surface area contributed by atoms with Gasteiger partial charge in [0.15, 0.2) is 0 Å². The molecule has 1 atom stereocenters. The number of thiophene rings is 1. The quantitative estimate of drug-likeness (QED) is 0.666. The number of rotatable bonds is 4. The first kappa shape index (κ1) is 14.5. The standard InChI is InChI=1S/C16H17BrOS2/c1-2-18-13-5-3-11(4-6-13)16(17)15-9-12-10-19-8-7-14(12)20-15/h3-6,9,16H,2,7-8,10H2,1H3. The van der Waals surface area contributed by atoms with Gasteiger partial charge in [0, 0.05) is 15.5 Å². The van der Waals surface area contributed by atoms with Gasteiger partial charge in [-0.15, -0.1) is 11.3 Å². The number of alkyl halides is 1. The van der Waals surface area contributed by atoms with Gasteiger partial charge in [-0.1, -0.05) is 28.1 Å². The van der Waals surface area contributed by atoms with Crippen LogP contribution in [0.4, 0.5) is 0 Å². The normalized spacial score (nSPS) is 15.7. The van der Waals surface area contributed by atoms with Crippen LogP contribution in [0, 0.1) is 0 Å². The number of hydrogen-bond donors (Lipinski definition) is 0. The molecule has 0 bridgehead atoms. The maximum atomic E-state index is 5.50. The highest BCUT2D eigenvalue weighted by Gasteiger charge is 2.18. The molecule has 0 N–H and O–H groups in total. The molecule has 1 nitrogen and oxygen atoms in total. The van der Waals surface area contributed by atoms with E-state index in [2.05, 4.69) is 46.3 Å². The third-order valence-corrected chi connectivity index (χ3v) is 7.02. The summed E-state index contributed by atoms with van der Waals surface area (Å²) in [7, 11) is 0. The second-order valence-corrected chi connectivity index (χ2v) is 7.95. The summed E-state index contributed by atoms with van der Waals surface area (Å²) in [5.74, 6) is 3.38. The molecule has 20 heavy (non-hydrogen) atoms. The third-order valence-electron chi connectivity index (χ3n) is 3.38. The maximum absolute atomic E-state index is 5.50. The Morgan fingerprint density at radius 2 is 2.10 bits per heavy atom. The van der Waals surface area contributed by atoms with Crippen molar-refractivity contribution in [2.24, 2.45) is 0 Å². The number of ether oxygens (including phenoxy) is 1. The van der Waals surface area contributed by atoms with Gasteiger partial charge in [0.05, 0.1) is 11.4 Å². The molecule has 2 aromatic rings. The van der Waals surface area contributed by atoms with Crippen LogP contribution in [0.2, 0.25) is 0 Å². The molecule has 106 valence electrons. The van der Waals surface area contributed by atoms with E-state index in [1.165, 1.54) is 33.9 Å². The Labute approximate surface area is 136 Å². The summed E-state index contributed by atoms with van der Waals surface area (Å²) in [5.41, 5.74) is 2.83. The molecule has 1 aromatic carbocycles. The van der Waals surface area contributed by atoms with E-state index in [4.69, 9.17) is 4.74 Å². The second kappa shape index (κ2) is 6.54. The fourth-order valence-corrected chi connectivity index (χ4v) is 5.46. The molecule has 0 fully saturated rings. The van der Waals surface area contributed by atoms with Crippen molar-refractivity contribution in [1.82, 2.24) is 0 Å². The molecule has 0 saturated carbocycles. The fraction of sp³-hybridized carbons (Fsp3) is 0.375. The summed E-state index contributed by atoms with van der Waals surface area (Å²) in [6.07, 6.45) is 1.23. The zero-order valence-corrected chi connectivity index (χ0v) is 14.6. The van der Waals surface area contributed by atoms with Crippen molar-refractivity contribution in [3.8, 4) is 5.75 Å². The first-order valence-corrected chi connectivity index (χ1v) is 9.72. The highest BCUT2D eigenvalue weighted by molar-refractivity contribution is 9.09. The van der Waals surface area contributed by atoms with Crippen molar-refractivity contribution >= 4 is 39.0 Å². The summed E-state index contributed by atoms with van der Waals surface area (Å²) < 4.78 is 5.50. The van der Waals surface area contributed by atoms with E-state index >= 15 is 0 Å². The Morgan fingerprint density at radius 3 is 2.80 bits per heavy atom. The summed E-state index contributed by atoms with van der Waals surface area (Å²) in [6, 6.07) is 10.8. The molecule has 1 aromatic heterocycles. The first-order chi connectivity index (χ1) is 9.78. The van der Waals surface area contributed by atoms with Crippen molar-refractivity contribution in [1.29, 1.82) is 0 Å². The summed E-state index contributed by atoms with van der Waals surface area (Å²) in [6.45, 7) is 2.72. The van der Waals surface area contributed by atoms with Crippen LogP contribution < -0.4 is 4.74 Å². The molecule has 1 aliphatic heterocycles. The van der Waals surface area contributed by atoms with E-state index in [0.29, 0.717) is 11.4 Å². The van der Waals surface area contributed by atoms with E-state index in [1.807, 2.05) is 30.0 Å². The van der Waals surface area contributed by atoms with Gasteiger partial charge in [-0.05, 0) is 48.4 Å². The Kier molecular flexibility index (Phi) is 4.74. The molecule has 1 unspecified atom stereocenters. The molecule has 0 radical (unpaired) electrons. The molecule has 0 amide bonds. The fourth-order valence-electron chi connectivity index (χ4n) is 2.36. The Balaban J connectivity index is 1.80. The number of fused-ring (bicyclic) bond motifs is 1. The van der Waals surface area contributed by atoms with E-state index in [0.717, 1.165) is 5.75 Å². The molecule has 0 aliphatic carbocycles. The molecule has 2 heterocycles. The van der Waals surface area contributed by atoms with Crippen molar-refractivity contribution in [2.75, 3.05) is 12.4 Å². The number of halogens is 1. The SMILES string of the molecule is CCOc1ccc(C(Br)c2cc3c(s2)CCSC3)cc1. The summed E-state index contributed by atoms with van der Waals surface area (Å²) in [5, 5.41) is 0. The lowest BCUT2D eigenvalue weighted by molar-refractivity contribution is 0.340. The van der Waals surface area contributed by atoms with Gasteiger partial charge in [0.1, 0.15) is 5.75 Å². The van der Waals surface area contributed by atoms with Gasteiger partial charge in [-0.2, -0.15) is 11.8 Å². The van der Waals surface area contributed by atoms with Crippen molar-refractivity contribution < 1.29 is 4.74 Å². The van der Waals surface area contributed by atoms with Gasteiger partial charge < -0.3 is 4.74 Å². The average Bonchev–Trinajstić information content (AvgIpc) is 2.91. The lowest BCUT2D eigenvalue weighted by atomic mass is 10.1. The van der Waals surface area contributed by atoms with Crippen LogP contribution in [0.5, 0.6) is 5.75 Å². The smallest absolute Gasteiger partial charge is 0.119 e. The number of benzene rings is 1. The van der Waals surface area contributed by atoms with Crippen LogP contribution in [0.25, 0.3) is 0 Å². The minimum atomic E-state index is 0.291. The number of thioether (sulfide) groups is 1. The van der Waals surface area contributed by atoms with Crippen LogP contribution in [0.1, 0.15) is 32.6 Å². The van der Waals surface area contributed by atoms with Crippen molar-refractivity contribution in [3.63, 3.8) is 0 Å². The number of aryl methyl sites for hydroxylation is 1. The van der Waals surface area contributed by atoms with Crippen LogP contribution in [0.3, 0.4) is 0 Å². The van der Waals surface area contributed by atoms with E-state index in [-0.39, 0.29) is 0 Å². The highest BCUT2D eigenvalue weighted by atomic mass is 79.9. The molecule has 0 spiro atoms. The van der Waals surface area contributed by atoms with Gasteiger partial charge >= 0.3 is 0 Å². The molecular formula is C16H17BrOS2. The predicted molar refractivity (Wildman–Crippen MR) is 92.6 cm³/mol. The summed E-state index contributed by atoms with van der Waals surface area (Å²) in [4.78, 5) is 3.29. The lowest BCUT2D eigenvalue weighted by Gasteiger charge is -2.09. The van der Waals surface area contributed by atoms with Crippen molar-refractivity contribution in [2.45, 2.75) is 23.9 Å². The highest BCUT2D eigenvalue weighted by Crippen LogP contribution is 2.40. The van der Waals surface area contributed by atoms with E-state index in [9.17, 15) is 0 Å². The minimum Gasteiger partial charge on any atom is -0.494 e. The van der Waals surface area contributed by atoms with Gasteiger partial charge in [-0.25, -0.2) is 0 Å². The van der Waals surface area contributed by atoms with E-state index < -0.39 is 0 Å².